The lowest BCUT2D eigenvalue weighted by Crippen LogP contribution is -2.24. The third kappa shape index (κ3) is 3.33. The molecule has 1 heterocycles. The van der Waals surface area contributed by atoms with E-state index in [2.05, 4.69) is 47.1 Å². The van der Waals surface area contributed by atoms with Crippen LogP contribution in [0.3, 0.4) is 0 Å². The van der Waals surface area contributed by atoms with Gasteiger partial charge < -0.3 is 5.73 Å². The molecule has 0 saturated carbocycles. The van der Waals surface area contributed by atoms with Gasteiger partial charge in [-0.15, -0.1) is 0 Å². The first-order chi connectivity index (χ1) is 10.2. The molecule has 0 spiro atoms. The molecule has 2 aromatic rings. The van der Waals surface area contributed by atoms with E-state index in [4.69, 9.17) is 15.7 Å². The van der Waals surface area contributed by atoms with Crippen LogP contribution in [-0.4, -0.2) is 16.5 Å². The largest absolute Gasteiger partial charge is 0.330 e. The van der Waals surface area contributed by atoms with E-state index in [0.717, 1.165) is 48.2 Å². The van der Waals surface area contributed by atoms with Crippen molar-refractivity contribution >= 4 is 15.9 Å². The molecule has 1 aliphatic rings. The van der Waals surface area contributed by atoms with Gasteiger partial charge in [-0.25, -0.2) is 9.97 Å². The van der Waals surface area contributed by atoms with Gasteiger partial charge in [0.05, 0.1) is 0 Å². The smallest absolute Gasteiger partial charge is 0.133 e. The molecule has 0 aliphatic heterocycles. The zero-order valence-electron chi connectivity index (χ0n) is 12.3. The highest BCUT2D eigenvalue weighted by Gasteiger charge is 2.21. The quantitative estimate of drug-likeness (QED) is 0.929. The van der Waals surface area contributed by atoms with Gasteiger partial charge >= 0.3 is 0 Å². The predicted molar refractivity (Wildman–Crippen MR) is 88.3 cm³/mol. The third-order valence-corrected chi connectivity index (χ3v) is 4.77. The molecule has 3 nitrogen and oxygen atoms in total. The summed E-state index contributed by atoms with van der Waals surface area (Å²) in [5.41, 5.74) is 10.7. The van der Waals surface area contributed by atoms with Gasteiger partial charge in [-0.2, -0.15) is 0 Å². The van der Waals surface area contributed by atoms with Crippen LogP contribution < -0.4 is 5.73 Å². The van der Waals surface area contributed by atoms with Crippen LogP contribution in [-0.2, 0) is 19.3 Å². The van der Waals surface area contributed by atoms with Crippen molar-refractivity contribution < 1.29 is 0 Å². The summed E-state index contributed by atoms with van der Waals surface area (Å²) < 4.78 is 1.10. The summed E-state index contributed by atoms with van der Waals surface area (Å²) in [4.78, 5) is 9.51. The lowest BCUT2D eigenvalue weighted by molar-refractivity contribution is 0.458. The van der Waals surface area contributed by atoms with E-state index in [0.29, 0.717) is 5.92 Å². The number of hydrogen-bond acceptors (Lipinski definition) is 3. The van der Waals surface area contributed by atoms with Crippen molar-refractivity contribution in [1.82, 2.24) is 9.97 Å². The Hall–Kier alpha value is -1.26. The van der Waals surface area contributed by atoms with Crippen LogP contribution in [0.1, 0.15) is 34.8 Å². The van der Waals surface area contributed by atoms with Gasteiger partial charge in [0, 0.05) is 22.3 Å². The van der Waals surface area contributed by atoms with Crippen molar-refractivity contribution in [3.63, 3.8) is 0 Å². The van der Waals surface area contributed by atoms with Gasteiger partial charge in [-0.3, -0.25) is 0 Å². The number of aryl methyl sites for hydroxylation is 2. The Kier molecular flexibility index (Phi) is 4.36. The second-order valence-corrected chi connectivity index (χ2v) is 6.71. The zero-order chi connectivity index (χ0) is 14.8. The van der Waals surface area contributed by atoms with Crippen LogP contribution in [0.25, 0.3) is 0 Å². The first-order valence-electron chi connectivity index (χ1n) is 7.45. The van der Waals surface area contributed by atoms with Crippen molar-refractivity contribution in [2.45, 2.75) is 32.6 Å². The summed E-state index contributed by atoms with van der Waals surface area (Å²) >= 11 is 3.46. The zero-order valence-corrected chi connectivity index (χ0v) is 13.9. The summed E-state index contributed by atoms with van der Waals surface area (Å²) in [6, 6.07) is 8.36. The van der Waals surface area contributed by atoms with Gasteiger partial charge in [0.25, 0.3) is 0 Å². The molecule has 4 heteroatoms. The lowest BCUT2D eigenvalue weighted by atomic mass is 9.86. The normalized spacial score (nSPS) is 17.6. The average Bonchev–Trinajstić information content (AvgIpc) is 2.49. The van der Waals surface area contributed by atoms with Crippen LogP contribution in [0.2, 0.25) is 0 Å². The van der Waals surface area contributed by atoms with Gasteiger partial charge in [0.1, 0.15) is 5.82 Å². The van der Waals surface area contributed by atoms with E-state index in [1.807, 2.05) is 0 Å². The highest BCUT2D eigenvalue weighted by Crippen LogP contribution is 2.26. The number of rotatable bonds is 3. The summed E-state index contributed by atoms with van der Waals surface area (Å²) in [6.07, 6.45) is 4.02. The maximum Gasteiger partial charge on any atom is 0.133 e. The maximum absolute atomic E-state index is 5.81. The fraction of sp³-hybridized carbons (Fsp3) is 0.412. The molecule has 1 unspecified atom stereocenters. The molecule has 1 aromatic carbocycles. The van der Waals surface area contributed by atoms with Crippen LogP contribution in [0.4, 0.5) is 0 Å². The molecule has 2 N–H and O–H groups in total. The molecule has 3 rings (SSSR count). The molecule has 0 saturated heterocycles. The van der Waals surface area contributed by atoms with Crippen LogP contribution in [0, 0.1) is 12.8 Å². The van der Waals surface area contributed by atoms with Gasteiger partial charge in [0.2, 0.25) is 0 Å². The molecule has 1 aromatic heterocycles. The molecular weight excluding hydrogens is 326 g/mol. The van der Waals surface area contributed by atoms with Gasteiger partial charge in [-0.1, -0.05) is 28.1 Å². The Morgan fingerprint density at radius 1 is 1.24 bits per heavy atom. The molecule has 110 valence electrons. The molecule has 0 fully saturated rings. The monoisotopic (exact) mass is 345 g/mol. The number of nitrogens with two attached hydrogens (primary N) is 1. The van der Waals surface area contributed by atoms with Crippen molar-refractivity contribution in [3.05, 3.63) is 57.1 Å². The standard InChI is InChI=1S/C17H20BrN3/c1-11-15-8-13(10-19)4-7-16(15)21-17(20-11)9-12-2-5-14(18)6-3-12/h2-3,5-6,13H,4,7-10,19H2,1H3. The number of benzene rings is 1. The minimum atomic E-state index is 0.595. The topological polar surface area (TPSA) is 51.8 Å². The molecule has 0 amide bonds. The third-order valence-electron chi connectivity index (χ3n) is 4.24. The number of hydrogen-bond donors (Lipinski definition) is 1. The van der Waals surface area contributed by atoms with E-state index < -0.39 is 0 Å². The molecule has 21 heavy (non-hydrogen) atoms. The Bertz CT molecular complexity index is 637. The first-order valence-corrected chi connectivity index (χ1v) is 8.24. The minimum Gasteiger partial charge on any atom is -0.330 e. The average molecular weight is 346 g/mol. The van der Waals surface area contributed by atoms with E-state index in [1.165, 1.54) is 16.8 Å². The van der Waals surface area contributed by atoms with E-state index in [-0.39, 0.29) is 0 Å². The summed E-state index contributed by atoms with van der Waals surface area (Å²) in [7, 11) is 0. The predicted octanol–water partition coefficient (Wildman–Crippen LogP) is 3.20. The van der Waals surface area contributed by atoms with Crippen LogP contribution in [0.15, 0.2) is 28.7 Å². The summed E-state index contributed by atoms with van der Waals surface area (Å²) in [5, 5.41) is 0. The number of halogens is 1. The lowest BCUT2D eigenvalue weighted by Gasteiger charge is -2.24. The Morgan fingerprint density at radius 3 is 2.71 bits per heavy atom. The van der Waals surface area contributed by atoms with Crippen LogP contribution in [0.5, 0.6) is 0 Å². The minimum absolute atomic E-state index is 0.595. The first kappa shape index (κ1) is 14.7. The molecule has 1 atom stereocenters. The Balaban J connectivity index is 1.85. The molecule has 1 aliphatic carbocycles. The Labute approximate surface area is 134 Å². The summed E-state index contributed by atoms with van der Waals surface area (Å²) in [5.74, 6) is 1.52. The van der Waals surface area contributed by atoms with Gasteiger partial charge in [0.15, 0.2) is 0 Å². The SMILES string of the molecule is Cc1nc(Cc2ccc(Br)cc2)nc2c1CC(CN)CC2. The maximum atomic E-state index is 5.81. The molecule has 0 radical (unpaired) electrons. The van der Waals surface area contributed by atoms with E-state index >= 15 is 0 Å². The van der Waals surface area contributed by atoms with Crippen molar-refractivity contribution in [2.24, 2.45) is 11.7 Å². The van der Waals surface area contributed by atoms with E-state index in [1.54, 1.807) is 0 Å². The second-order valence-electron chi connectivity index (χ2n) is 5.80. The number of fused-ring (bicyclic) bond motifs is 1. The Morgan fingerprint density at radius 2 is 2.00 bits per heavy atom. The van der Waals surface area contributed by atoms with Crippen LogP contribution >= 0.6 is 15.9 Å². The highest BCUT2D eigenvalue weighted by molar-refractivity contribution is 9.10. The molecular formula is C17H20BrN3. The van der Waals surface area contributed by atoms with Crippen molar-refractivity contribution in [1.29, 1.82) is 0 Å². The summed E-state index contributed by atoms with van der Waals surface area (Å²) in [6.45, 7) is 2.87. The number of nitrogens with zero attached hydrogens (tertiary/aromatic N) is 2. The van der Waals surface area contributed by atoms with Crippen molar-refractivity contribution in [2.75, 3.05) is 6.54 Å². The fourth-order valence-electron chi connectivity index (χ4n) is 2.99. The second kappa shape index (κ2) is 6.24. The fourth-order valence-corrected chi connectivity index (χ4v) is 3.25. The molecule has 0 bridgehead atoms. The number of aromatic nitrogens is 2. The highest BCUT2D eigenvalue weighted by atomic mass is 79.9. The van der Waals surface area contributed by atoms with Gasteiger partial charge in [-0.05, 0) is 61.9 Å². The van der Waals surface area contributed by atoms with E-state index in [9.17, 15) is 0 Å². The van der Waals surface area contributed by atoms with Crippen molar-refractivity contribution in [3.8, 4) is 0 Å².